The summed E-state index contributed by atoms with van der Waals surface area (Å²) in [5.41, 5.74) is 2.58. The van der Waals surface area contributed by atoms with Gasteiger partial charge >= 0.3 is 5.97 Å². The molecular weight excluding hydrogens is 254 g/mol. The van der Waals surface area contributed by atoms with E-state index in [9.17, 15) is 4.79 Å². The van der Waals surface area contributed by atoms with E-state index in [4.69, 9.17) is 9.47 Å². The quantitative estimate of drug-likeness (QED) is 0.792. The maximum absolute atomic E-state index is 11.4. The summed E-state index contributed by atoms with van der Waals surface area (Å²) in [4.78, 5) is 13.7. The second kappa shape index (κ2) is 6.86. The van der Waals surface area contributed by atoms with Crippen molar-refractivity contribution >= 4 is 5.97 Å². The van der Waals surface area contributed by atoms with Gasteiger partial charge in [0.05, 0.1) is 26.2 Å². The predicted molar refractivity (Wildman–Crippen MR) is 77.5 cm³/mol. The Balaban J connectivity index is 1.99. The van der Waals surface area contributed by atoms with Gasteiger partial charge in [0.15, 0.2) is 0 Å². The molecule has 1 saturated heterocycles. The molecule has 1 aliphatic heterocycles. The lowest BCUT2D eigenvalue weighted by molar-refractivity contribution is -0.146. The molecule has 4 nitrogen and oxygen atoms in total. The Morgan fingerprint density at radius 1 is 1.55 bits per heavy atom. The van der Waals surface area contributed by atoms with E-state index in [1.165, 1.54) is 18.2 Å². The number of methoxy groups -OCH3 is 1. The first-order valence-corrected chi connectivity index (χ1v) is 7.09. The molecule has 20 heavy (non-hydrogen) atoms. The van der Waals surface area contributed by atoms with E-state index >= 15 is 0 Å². The summed E-state index contributed by atoms with van der Waals surface area (Å²) in [6, 6.07) is 8.90. The Morgan fingerprint density at radius 3 is 3.05 bits per heavy atom. The number of nitrogens with zero attached hydrogens (tertiary/aromatic N) is 1. The van der Waals surface area contributed by atoms with Gasteiger partial charge in [-0.25, -0.2) is 0 Å². The lowest BCUT2D eigenvalue weighted by atomic mass is 10.0. The van der Waals surface area contributed by atoms with Crippen LogP contribution in [0.3, 0.4) is 0 Å². The van der Waals surface area contributed by atoms with Crippen molar-refractivity contribution in [1.82, 2.24) is 4.90 Å². The number of hydrogen-bond donors (Lipinski definition) is 0. The van der Waals surface area contributed by atoms with Crippen molar-refractivity contribution in [2.75, 3.05) is 26.8 Å². The number of morpholine rings is 1. The molecule has 2 unspecified atom stereocenters. The molecule has 1 fully saturated rings. The normalized spacial score (nSPS) is 21.4. The van der Waals surface area contributed by atoms with E-state index in [2.05, 4.69) is 43.0 Å². The van der Waals surface area contributed by atoms with Crippen LogP contribution in [0, 0.1) is 6.92 Å². The summed E-state index contributed by atoms with van der Waals surface area (Å²) in [6.07, 6.45) is 0.261. The fourth-order valence-corrected chi connectivity index (χ4v) is 2.63. The van der Waals surface area contributed by atoms with Crippen LogP contribution in [-0.4, -0.2) is 43.8 Å². The van der Waals surface area contributed by atoms with Gasteiger partial charge in [0.25, 0.3) is 0 Å². The van der Waals surface area contributed by atoms with Gasteiger partial charge in [-0.2, -0.15) is 0 Å². The first kappa shape index (κ1) is 15.0. The second-order valence-corrected chi connectivity index (χ2v) is 5.36. The van der Waals surface area contributed by atoms with Crippen molar-refractivity contribution in [3.8, 4) is 0 Å². The molecule has 0 saturated carbocycles. The van der Waals surface area contributed by atoms with E-state index in [0.29, 0.717) is 19.1 Å². The molecule has 0 amide bonds. The van der Waals surface area contributed by atoms with Crippen LogP contribution in [0.5, 0.6) is 0 Å². The minimum atomic E-state index is -0.208. The minimum absolute atomic E-state index is 0.0662. The highest BCUT2D eigenvalue weighted by Gasteiger charge is 2.26. The minimum Gasteiger partial charge on any atom is -0.469 e. The van der Waals surface area contributed by atoms with Gasteiger partial charge in [0, 0.05) is 19.1 Å². The van der Waals surface area contributed by atoms with Gasteiger partial charge in [-0.15, -0.1) is 0 Å². The molecule has 0 aliphatic carbocycles. The predicted octanol–water partition coefficient (Wildman–Crippen LogP) is 2.32. The summed E-state index contributed by atoms with van der Waals surface area (Å²) in [5, 5.41) is 0. The molecule has 0 bridgehead atoms. The van der Waals surface area contributed by atoms with Gasteiger partial charge in [0.1, 0.15) is 0 Å². The standard InChI is InChI=1S/C16H23NO3/c1-12-5-4-6-14(9-12)13(2)17-7-8-20-15(11-17)10-16(18)19-3/h4-6,9,13,15H,7-8,10-11H2,1-3H3. The number of carbonyl (C=O) groups is 1. The van der Waals surface area contributed by atoms with Crippen molar-refractivity contribution in [2.45, 2.75) is 32.4 Å². The van der Waals surface area contributed by atoms with Crippen LogP contribution in [-0.2, 0) is 14.3 Å². The third kappa shape index (κ3) is 3.81. The first-order valence-electron chi connectivity index (χ1n) is 7.09. The molecule has 0 aromatic heterocycles. The van der Waals surface area contributed by atoms with Gasteiger partial charge in [0.2, 0.25) is 0 Å². The lowest BCUT2D eigenvalue weighted by Gasteiger charge is -2.36. The zero-order chi connectivity index (χ0) is 14.5. The zero-order valence-corrected chi connectivity index (χ0v) is 12.5. The number of benzene rings is 1. The van der Waals surface area contributed by atoms with Crippen molar-refractivity contribution in [1.29, 1.82) is 0 Å². The van der Waals surface area contributed by atoms with Crippen LogP contribution in [0.4, 0.5) is 0 Å². The Hall–Kier alpha value is -1.39. The smallest absolute Gasteiger partial charge is 0.308 e. The summed E-state index contributed by atoms with van der Waals surface area (Å²) in [5.74, 6) is -0.208. The Kier molecular flexibility index (Phi) is 5.15. The zero-order valence-electron chi connectivity index (χ0n) is 12.5. The third-order valence-corrected chi connectivity index (χ3v) is 3.86. The Bertz CT molecular complexity index is 461. The topological polar surface area (TPSA) is 38.8 Å². The summed E-state index contributed by atoms with van der Waals surface area (Å²) in [7, 11) is 1.41. The molecule has 1 aromatic carbocycles. The number of rotatable bonds is 4. The maximum atomic E-state index is 11.4. The first-order chi connectivity index (χ1) is 9.60. The van der Waals surface area contributed by atoms with E-state index in [1.807, 2.05) is 0 Å². The average molecular weight is 277 g/mol. The Morgan fingerprint density at radius 2 is 2.35 bits per heavy atom. The van der Waals surface area contributed by atoms with Gasteiger partial charge in [-0.1, -0.05) is 29.8 Å². The number of aryl methyl sites for hydroxylation is 1. The van der Waals surface area contributed by atoms with Crippen LogP contribution in [0.2, 0.25) is 0 Å². The van der Waals surface area contributed by atoms with E-state index < -0.39 is 0 Å². The highest BCUT2D eigenvalue weighted by Crippen LogP contribution is 2.24. The van der Waals surface area contributed by atoms with Crippen molar-refractivity contribution in [2.24, 2.45) is 0 Å². The van der Waals surface area contributed by atoms with Crippen molar-refractivity contribution in [3.63, 3.8) is 0 Å². The summed E-state index contributed by atoms with van der Waals surface area (Å²) < 4.78 is 10.4. The molecule has 1 aromatic rings. The second-order valence-electron chi connectivity index (χ2n) is 5.36. The molecular formula is C16H23NO3. The van der Waals surface area contributed by atoms with Crippen LogP contribution in [0.15, 0.2) is 24.3 Å². The third-order valence-electron chi connectivity index (χ3n) is 3.86. The SMILES string of the molecule is COC(=O)CC1CN(C(C)c2cccc(C)c2)CCO1. The lowest BCUT2D eigenvalue weighted by Crippen LogP contribution is -2.44. The maximum Gasteiger partial charge on any atom is 0.308 e. The molecule has 0 radical (unpaired) electrons. The molecule has 2 rings (SSSR count). The highest BCUT2D eigenvalue weighted by atomic mass is 16.5. The number of hydrogen-bond acceptors (Lipinski definition) is 4. The molecule has 1 heterocycles. The molecule has 1 aliphatic rings. The monoisotopic (exact) mass is 277 g/mol. The molecule has 110 valence electrons. The summed E-state index contributed by atoms with van der Waals surface area (Å²) >= 11 is 0. The summed E-state index contributed by atoms with van der Waals surface area (Å²) in [6.45, 7) is 6.64. The van der Waals surface area contributed by atoms with Crippen LogP contribution >= 0.6 is 0 Å². The van der Waals surface area contributed by atoms with E-state index in [-0.39, 0.29) is 12.1 Å². The van der Waals surface area contributed by atoms with Crippen molar-refractivity contribution < 1.29 is 14.3 Å². The number of ether oxygens (including phenoxy) is 2. The number of esters is 1. The molecule has 4 heteroatoms. The highest BCUT2D eigenvalue weighted by molar-refractivity contribution is 5.69. The largest absolute Gasteiger partial charge is 0.469 e. The van der Waals surface area contributed by atoms with Gasteiger partial charge < -0.3 is 9.47 Å². The van der Waals surface area contributed by atoms with E-state index in [1.54, 1.807) is 0 Å². The average Bonchev–Trinajstić information content (AvgIpc) is 2.46. The van der Waals surface area contributed by atoms with Crippen molar-refractivity contribution in [3.05, 3.63) is 35.4 Å². The molecule has 2 atom stereocenters. The van der Waals surface area contributed by atoms with E-state index in [0.717, 1.165) is 13.1 Å². The van der Waals surface area contributed by atoms with Gasteiger partial charge in [-0.05, 0) is 19.4 Å². The number of carbonyl (C=O) groups excluding carboxylic acids is 1. The fraction of sp³-hybridized carbons (Fsp3) is 0.562. The van der Waals surface area contributed by atoms with Crippen LogP contribution in [0.25, 0.3) is 0 Å². The Labute approximate surface area is 120 Å². The molecule has 0 spiro atoms. The van der Waals surface area contributed by atoms with Gasteiger partial charge in [-0.3, -0.25) is 9.69 Å². The fourth-order valence-electron chi connectivity index (χ4n) is 2.63. The van der Waals surface area contributed by atoms with Crippen LogP contribution < -0.4 is 0 Å². The molecule has 0 N–H and O–H groups in total. The van der Waals surface area contributed by atoms with Crippen LogP contribution in [0.1, 0.15) is 30.5 Å².